The molecular formula is C26H22N2O4S. The molecule has 0 saturated carbocycles. The molecule has 1 aromatic heterocycles. The summed E-state index contributed by atoms with van der Waals surface area (Å²) in [6.07, 6.45) is 1.43. The molecule has 166 valence electrons. The van der Waals surface area contributed by atoms with E-state index < -0.39 is 12.0 Å². The van der Waals surface area contributed by atoms with E-state index in [1.54, 1.807) is 41.3 Å². The zero-order chi connectivity index (χ0) is 23.2. The minimum Gasteiger partial charge on any atom is -0.465 e. The second-order valence-corrected chi connectivity index (χ2v) is 8.47. The summed E-state index contributed by atoms with van der Waals surface area (Å²) < 4.78 is 4.74. The second kappa shape index (κ2) is 10.2. The molecule has 6 nitrogen and oxygen atoms in total. The summed E-state index contributed by atoms with van der Waals surface area (Å²) in [5.74, 6) is 5.37. The van der Waals surface area contributed by atoms with Gasteiger partial charge >= 0.3 is 5.97 Å². The topological polar surface area (TPSA) is 75.7 Å². The van der Waals surface area contributed by atoms with E-state index >= 15 is 0 Å². The standard InChI is InChI=1S/C26H22N2O4S/c1-32-26(31)20-8-2-6-18(16-20)12-13-19-7-3-9-21(17-19)27-24(29)22-10-4-14-28(22)25(30)23-11-5-15-33-23/h2-3,5-9,11,15-17,22H,4,10,14H2,1H3,(H,27,29)/t22-/m0/s1. The predicted molar refractivity (Wildman–Crippen MR) is 127 cm³/mol. The highest BCUT2D eigenvalue weighted by Gasteiger charge is 2.34. The predicted octanol–water partition coefficient (Wildman–Crippen LogP) is 4.18. The van der Waals surface area contributed by atoms with E-state index in [1.807, 2.05) is 29.6 Å². The molecule has 4 rings (SSSR count). The van der Waals surface area contributed by atoms with Crippen molar-refractivity contribution >= 4 is 34.8 Å². The molecule has 1 aliphatic rings. The summed E-state index contributed by atoms with van der Waals surface area (Å²) in [5.41, 5.74) is 2.45. The Morgan fingerprint density at radius 1 is 1.03 bits per heavy atom. The van der Waals surface area contributed by atoms with Gasteiger partial charge in [0.25, 0.3) is 5.91 Å². The van der Waals surface area contributed by atoms with Gasteiger partial charge in [0.2, 0.25) is 5.91 Å². The van der Waals surface area contributed by atoms with Crippen LogP contribution in [0.25, 0.3) is 0 Å². The Morgan fingerprint density at radius 2 is 1.79 bits per heavy atom. The number of methoxy groups -OCH3 is 1. The van der Waals surface area contributed by atoms with E-state index in [2.05, 4.69) is 17.2 Å². The Bertz CT molecular complexity index is 1240. The molecule has 0 bridgehead atoms. The van der Waals surface area contributed by atoms with E-state index in [1.165, 1.54) is 18.4 Å². The van der Waals surface area contributed by atoms with Crippen molar-refractivity contribution in [3.63, 3.8) is 0 Å². The van der Waals surface area contributed by atoms with Gasteiger partial charge in [-0.25, -0.2) is 4.79 Å². The Labute approximate surface area is 196 Å². The largest absolute Gasteiger partial charge is 0.465 e. The van der Waals surface area contributed by atoms with Gasteiger partial charge in [0.05, 0.1) is 17.6 Å². The molecule has 0 aliphatic carbocycles. The summed E-state index contributed by atoms with van der Waals surface area (Å²) in [4.78, 5) is 39.7. The second-order valence-electron chi connectivity index (χ2n) is 7.53. The molecule has 1 atom stereocenters. The maximum absolute atomic E-state index is 12.9. The molecule has 7 heteroatoms. The molecule has 1 saturated heterocycles. The number of benzene rings is 2. The molecule has 0 radical (unpaired) electrons. The van der Waals surface area contributed by atoms with Crippen LogP contribution in [0.15, 0.2) is 66.0 Å². The van der Waals surface area contributed by atoms with Crippen LogP contribution >= 0.6 is 11.3 Å². The van der Waals surface area contributed by atoms with Crippen LogP contribution in [0.4, 0.5) is 5.69 Å². The average molecular weight is 459 g/mol. The molecule has 1 aliphatic heterocycles. The van der Waals surface area contributed by atoms with E-state index in [4.69, 9.17) is 4.74 Å². The number of carbonyl (C=O) groups excluding carboxylic acids is 3. The fraction of sp³-hybridized carbons (Fsp3) is 0.192. The molecular weight excluding hydrogens is 436 g/mol. The van der Waals surface area contributed by atoms with Gasteiger partial charge in [-0.2, -0.15) is 0 Å². The van der Waals surface area contributed by atoms with Gasteiger partial charge in [-0.3, -0.25) is 9.59 Å². The average Bonchev–Trinajstić information content (AvgIpc) is 3.55. The molecule has 1 N–H and O–H groups in total. The van der Waals surface area contributed by atoms with E-state index in [-0.39, 0.29) is 11.8 Å². The first-order chi connectivity index (χ1) is 16.0. The third-order valence-electron chi connectivity index (χ3n) is 5.31. The lowest BCUT2D eigenvalue weighted by atomic mass is 10.1. The number of nitrogens with zero attached hydrogens (tertiary/aromatic N) is 1. The monoisotopic (exact) mass is 458 g/mol. The number of rotatable bonds is 4. The molecule has 1 fully saturated rings. The van der Waals surface area contributed by atoms with Gasteiger partial charge in [-0.05, 0) is 60.7 Å². The fourth-order valence-corrected chi connectivity index (χ4v) is 4.39. The van der Waals surface area contributed by atoms with Crippen LogP contribution < -0.4 is 5.32 Å². The van der Waals surface area contributed by atoms with Gasteiger partial charge in [0.15, 0.2) is 0 Å². The molecule has 2 aromatic carbocycles. The van der Waals surface area contributed by atoms with Gasteiger partial charge in [0.1, 0.15) is 6.04 Å². The SMILES string of the molecule is COC(=O)c1cccc(C#Cc2cccc(NC(=O)[C@@H]3CCCN3C(=O)c3cccs3)c2)c1. The Kier molecular flexibility index (Phi) is 6.86. The number of anilines is 1. The lowest BCUT2D eigenvalue weighted by Gasteiger charge is -2.23. The maximum Gasteiger partial charge on any atom is 0.337 e. The summed E-state index contributed by atoms with van der Waals surface area (Å²) in [5, 5.41) is 4.78. The number of carbonyl (C=O) groups is 3. The van der Waals surface area contributed by atoms with Crippen LogP contribution in [-0.2, 0) is 9.53 Å². The molecule has 3 aromatic rings. The number of hydrogen-bond donors (Lipinski definition) is 1. The number of hydrogen-bond acceptors (Lipinski definition) is 5. The van der Waals surface area contributed by atoms with Gasteiger partial charge in [-0.15, -0.1) is 11.3 Å². The lowest BCUT2D eigenvalue weighted by Crippen LogP contribution is -2.42. The number of esters is 1. The lowest BCUT2D eigenvalue weighted by molar-refractivity contribution is -0.119. The highest BCUT2D eigenvalue weighted by atomic mass is 32.1. The van der Waals surface area contributed by atoms with Crippen LogP contribution in [-0.4, -0.2) is 42.4 Å². The van der Waals surface area contributed by atoms with E-state index in [0.29, 0.717) is 40.2 Å². The number of nitrogens with one attached hydrogen (secondary N) is 1. The van der Waals surface area contributed by atoms with Crippen molar-refractivity contribution in [1.29, 1.82) is 0 Å². The minimum atomic E-state index is -0.490. The van der Waals surface area contributed by atoms with E-state index in [9.17, 15) is 14.4 Å². The number of ether oxygens (including phenoxy) is 1. The Morgan fingerprint density at radius 3 is 2.52 bits per heavy atom. The molecule has 2 amide bonds. The summed E-state index contributed by atoms with van der Waals surface area (Å²) in [6, 6.07) is 17.3. The van der Waals surface area contributed by atoms with Gasteiger partial charge < -0.3 is 15.0 Å². The highest BCUT2D eigenvalue weighted by molar-refractivity contribution is 7.12. The molecule has 33 heavy (non-hydrogen) atoms. The summed E-state index contributed by atoms with van der Waals surface area (Å²) >= 11 is 1.38. The van der Waals surface area contributed by atoms with Crippen LogP contribution in [0.3, 0.4) is 0 Å². The minimum absolute atomic E-state index is 0.101. The Hall–Kier alpha value is -3.89. The summed E-state index contributed by atoms with van der Waals surface area (Å²) in [7, 11) is 1.34. The first-order valence-electron chi connectivity index (χ1n) is 10.5. The normalized spacial score (nSPS) is 14.8. The first-order valence-corrected chi connectivity index (χ1v) is 11.4. The molecule has 2 heterocycles. The number of likely N-dealkylation sites (tertiary alicyclic amines) is 1. The van der Waals surface area contributed by atoms with Crippen LogP contribution in [0.5, 0.6) is 0 Å². The number of amides is 2. The van der Waals surface area contributed by atoms with E-state index in [0.717, 1.165) is 6.42 Å². The van der Waals surface area contributed by atoms with Crippen molar-refractivity contribution in [3.05, 3.63) is 87.6 Å². The van der Waals surface area contributed by atoms with Gasteiger partial charge in [0, 0.05) is 23.4 Å². The molecule has 0 unspecified atom stereocenters. The van der Waals surface area contributed by atoms with Gasteiger partial charge in [-0.1, -0.05) is 30.0 Å². The fourth-order valence-electron chi connectivity index (χ4n) is 3.71. The van der Waals surface area contributed by atoms with Crippen molar-refractivity contribution in [2.45, 2.75) is 18.9 Å². The Balaban J connectivity index is 1.46. The molecule has 0 spiro atoms. The van der Waals surface area contributed by atoms with Crippen molar-refractivity contribution in [1.82, 2.24) is 4.90 Å². The summed E-state index contributed by atoms with van der Waals surface area (Å²) in [6.45, 7) is 0.574. The zero-order valence-electron chi connectivity index (χ0n) is 18.0. The quantitative estimate of drug-likeness (QED) is 0.470. The van der Waals surface area contributed by atoms with Crippen LogP contribution in [0.2, 0.25) is 0 Å². The third-order valence-corrected chi connectivity index (χ3v) is 6.17. The maximum atomic E-state index is 12.9. The smallest absolute Gasteiger partial charge is 0.337 e. The van der Waals surface area contributed by atoms with Crippen molar-refractivity contribution in [2.75, 3.05) is 19.0 Å². The van der Waals surface area contributed by atoms with Crippen molar-refractivity contribution in [2.24, 2.45) is 0 Å². The number of thiophene rings is 1. The van der Waals surface area contributed by atoms with Crippen LogP contribution in [0.1, 0.15) is 44.0 Å². The zero-order valence-corrected chi connectivity index (χ0v) is 18.9. The van der Waals surface area contributed by atoms with Crippen LogP contribution in [0, 0.1) is 11.8 Å². The van der Waals surface area contributed by atoms with Crippen molar-refractivity contribution in [3.8, 4) is 11.8 Å². The third kappa shape index (κ3) is 5.30. The first kappa shape index (κ1) is 22.3. The highest BCUT2D eigenvalue weighted by Crippen LogP contribution is 2.23. The van der Waals surface area contributed by atoms with Crippen molar-refractivity contribution < 1.29 is 19.1 Å².